The van der Waals surface area contributed by atoms with Crippen molar-refractivity contribution in [3.8, 4) is 0 Å². The first-order valence-electron chi connectivity index (χ1n) is 6.39. The number of hydrogen-bond acceptors (Lipinski definition) is 2. The summed E-state index contributed by atoms with van der Waals surface area (Å²) in [5.41, 5.74) is 1.40. The summed E-state index contributed by atoms with van der Waals surface area (Å²) in [5.74, 6) is 0. The highest BCUT2D eigenvalue weighted by Gasteiger charge is 2.28. The molecule has 17 heavy (non-hydrogen) atoms. The van der Waals surface area contributed by atoms with Crippen LogP contribution in [0, 0.1) is 3.57 Å². The smallest absolute Gasteiger partial charge is 0.0431 e. The zero-order chi connectivity index (χ0) is 12.1. The fraction of sp³-hybridized carbons (Fsp3) is 0.571. The number of unbranched alkanes of at least 4 members (excludes halogenated alkanes) is 1. The molecular formula is C14H20INO. The van der Waals surface area contributed by atoms with Crippen molar-refractivity contribution < 1.29 is 5.11 Å². The predicted octanol–water partition coefficient (Wildman–Crippen LogP) is 3.03. The second kappa shape index (κ2) is 6.71. The van der Waals surface area contributed by atoms with Crippen molar-refractivity contribution in [1.29, 1.82) is 0 Å². The molecule has 0 spiro atoms. The van der Waals surface area contributed by atoms with Crippen LogP contribution >= 0.6 is 22.6 Å². The number of hydrogen-bond donors (Lipinski definition) is 1. The van der Waals surface area contributed by atoms with Gasteiger partial charge in [-0.3, -0.25) is 4.90 Å². The van der Waals surface area contributed by atoms with Crippen LogP contribution in [0.2, 0.25) is 0 Å². The highest BCUT2D eigenvalue weighted by atomic mass is 127. The third-order valence-corrected chi connectivity index (χ3v) is 3.93. The van der Waals surface area contributed by atoms with E-state index in [0.717, 1.165) is 32.0 Å². The number of nitrogens with zero attached hydrogens (tertiary/aromatic N) is 1. The Morgan fingerprint density at radius 3 is 2.47 bits per heavy atom. The number of halogens is 1. The van der Waals surface area contributed by atoms with Crippen molar-refractivity contribution in [3.63, 3.8) is 0 Å². The molecule has 0 saturated heterocycles. The molecule has 1 aromatic rings. The first-order valence-corrected chi connectivity index (χ1v) is 7.47. The van der Waals surface area contributed by atoms with E-state index in [1.54, 1.807) is 0 Å². The summed E-state index contributed by atoms with van der Waals surface area (Å²) in [4.78, 5) is 2.57. The Labute approximate surface area is 117 Å². The molecule has 94 valence electrons. The SMILES string of the molecule is OCCCCN(Cc1ccc(I)cc1)C1CC1. The number of aliphatic hydroxyl groups excluding tert-OH is 1. The lowest BCUT2D eigenvalue weighted by molar-refractivity contribution is 0.229. The largest absolute Gasteiger partial charge is 0.396 e. The lowest BCUT2D eigenvalue weighted by Gasteiger charge is -2.21. The van der Waals surface area contributed by atoms with Gasteiger partial charge in [0.1, 0.15) is 0 Å². The van der Waals surface area contributed by atoms with Crippen molar-refractivity contribution in [1.82, 2.24) is 4.90 Å². The molecule has 0 heterocycles. The van der Waals surface area contributed by atoms with E-state index in [-0.39, 0.29) is 0 Å². The Bertz CT molecular complexity index is 335. The van der Waals surface area contributed by atoms with Crippen LogP contribution in [0.3, 0.4) is 0 Å². The van der Waals surface area contributed by atoms with Gasteiger partial charge in [-0.05, 0) is 72.5 Å². The molecule has 0 aliphatic heterocycles. The van der Waals surface area contributed by atoms with E-state index in [1.807, 2.05) is 0 Å². The van der Waals surface area contributed by atoms with E-state index in [0.29, 0.717) is 6.61 Å². The molecule has 0 aromatic heterocycles. The molecule has 0 radical (unpaired) electrons. The maximum absolute atomic E-state index is 8.83. The van der Waals surface area contributed by atoms with Gasteiger partial charge in [0.15, 0.2) is 0 Å². The highest BCUT2D eigenvalue weighted by molar-refractivity contribution is 14.1. The predicted molar refractivity (Wildman–Crippen MR) is 78.9 cm³/mol. The van der Waals surface area contributed by atoms with Crippen LogP contribution < -0.4 is 0 Å². The van der Waals surface area contributed by atoms with Gasteiger partial charge < -0.3 is 5.11 Å². The molecule has 1 aliphatic rings. The molecule has 1 fully saturated rings. The second-order valence-corrected chi connectivity index (χ2v) is 6.00. The summed E-state index contributed by atoms with van der Waals surface area (Å²) in [5, 5.41) is 8.83. The average molecular weight is 345 g/mol. The van der Waals surface area contributed by atoms with Crippen molar-refractivity contribution in [2.24, 2.45) is 0 Å². The van der Waals surface area contributed by atoms with Crippen molar-refractivity contribution in [2.45, 2.75) is 38.3 Å². The van der Waals surface area contributed by atoms with Gasteiger partial charge in [0.05, 0.1) is 0 Å². The van der Waals surface area contributed by atoms with Gasteiger partial charge in [0.2, 0.25) is 0 Å². The van der Waals surface area contributed by atoms with Gasteiger partial charge in [0.25, 0.3) is 0 Å². The van der Waals surface area contributed by atoms with Gasteiger partial charge >= 0.3 is 0 Å². The first-order chi connectivity index (χ1) is 8.29. The molecule has 3 heteroatoms. The topological polar surface area (TPSA) is 23.5 Å². The molecule has 0 amide bonds. The van der Waals surface area contributed by atoms with Crippen molar-refractivity contribution in [3.05, 3.63) is 33.4 Å². The fourth-order valence-corrected chi connectivity index (χ4v) is 2.44. The monoisotopic (exact) mass is 345 g/mol. The third kappa shape index (κ3) is 4.56. The summed E-state index contributed by atoms with van der Waals surface area (Å²) >= 11 is 2.34. The van der Waals surface area contributed by atoms with Crippen LogP contribution in [-0.4, -0.2) is 29.2 Å². The lowest BCUT2D eigenvalue weighted by atomic mass is 10.2. The molecule has 0 bridgehead atoms. The molecule has 0 atom stereocenters. The molecule has 1 aliphatic carbocycles. The molecule has 1 aromatic carbocycles. The maximum Gasteiger partial charge on any atom is 0.0431 e. The average Bonchev–Trinajstić information content (AvgIpc) is 3.15. The van der Waals surface area contributed by atoms with Crippen LogP contribution in [-0.2, 0) is 6.54 Å². The van der Waals surface area contributed by atoms with Crippen LogP contribution in [0.1, 0.15) is 31.2 Å². The molecule has 1 saturated carbocycles. The van der Waals surface area contributed by atoms with Crippen LogP contribution in [0.4, 0.5) is 0 Å². The van der Waals surface area contributed by atoms with Gasteiger partial charge in [-0.25, -0.2) is 0 Å². The molecule has 0 unspecified atom stereocenters. The molecule has 2 rings (SSSR count). The van der Waals surface area contributed by atoms with Gasteiger partial charge in [-0.15, -0.1) is 0 Å². The normalized spacial score (nSPS) is 15.5. The van der Waals surface area contributed by atoms with E-state index in [9.17, 15) is 0 Å². The minimum absolute atomic E-state index is 0.321. The minimum Gasteiger partial charge on any atom is -0.396 e. The zero-order valence-corrected chi connectivity index (χ0v) is 12.3. The Morgan fingerprint density at radius 2 is 1.88 bits per heavy atom. The maximum atomic E-state index is 8.83. The summed E-state index contributed by atoms with van der Waals surface area (Å²) in [6.07, 6.45) is 4.74. The molecule has 1 N–H and O–H groups in total. The lowest BCUT2D eigenvalue weighted by Crippen LogP contribution is -2.26. The van der Waals surface area contributed by atoms with E-state index in [1.165, 1.54) is 22.0 Å². The van der Waals surface area contributed by atoms with Crippen molar-refractivity contribution >= 4 is 22.6 Å². The van der Waals surface area contributed by atoms with Crippen LogP contribution in [0.5, 0.6) is 0 Å². The Hall–Kier alpha value is -0.130. The quantitative estimate of drug-likeness (QED) is 0.607. The summed E-state index contributed by atoms with van der Waals surface area (Å²) in [6.45, 7) is 2.51. The van der Waals surface area contributed by atoms with Gasteiger partial charge in [0, 0.05) is 22.8 Å². The van der Waals surface area contributed by atoms with Crippen molar-refractivity contribution in [2.75, 3.05) is 13.2 Å². The Balaban J connectivity index is 1.86. The minimum atomic E-state index is 0.321. The van der Waals surface area contributed by atoms with Gasteiger partial charge in [-0.1, -0.05) is 12.1 Å². The summed E-state index contributed by atoms with van der Waals surface area (Å²) < 4.78 is 1.30. The fourth-order valence-electron chi connectivity index (χ4n) is 2.08. The van der Waals surface area contributed by atoms with Crippen LogP contribution in [0.15, 0.2) is 24.3 Å². The molecular weight excluding hydrogens is 325 g/mol. The number of rotatable bonds is 7. The molecule has 2 nitrogen and oxygen atoms in total. The van der Waals surface area contributed by atoms with E-state index >= 15 is 0 Å². The van der Waals surface area contributed by atoms with Gasteiger partial charge in [-0.2, -0.15) is 0 Å². The highest BCUT2D eigenvalue weighted by Crippen LogP contribution is 2.28. The second-order valence-electron chi connectivity index (χ2n) is 4.76. The van der Waals surface area contributed by atoms with Crippen LogP contribution in [0.25, 0.3) is 0 Å². The third-order valence-electron chi connectivity index (χ3n) is 3.22. The Morgan fingerprint density at radius 1 is 1.18 bits per heavy atom. The van der Waals surface area contributed by atoms with E-state index < -0.39 is 0 Å². The Kier molecular flexibility index (Phi) is 5.25. The first kappa shape index (κ1) is 13.3. The number of benzene rings is 1. The number of aliphatic hydroxyl groups is 1. The standard InChI is InChI=1S/C14H20INO/c15-13-5-3-12(4-6-13)11-16(14-7-8-14)9-1-2-10-17/h3-6,14,17H,1-2,7-11H2. The zero-order valence-electron chi connectivity index (χ0n) is 10.1. The summed E-state index contributed by atoms with van der Waals surface area (Å²) in [6, 6.07) is 9.60. The summed E-state index contributed by atoms with van der Waals surface area (Å²) in [7, 11) is 0. The van der Waals surface area contributed by atoms with E-state index in [2.05, 4.69) is 51.8 Å². The van der Waals surface area contributed by atoms with E-state index in [4.69, 9.17) is 5.11 Å².